The number of amides is 1. The molecular weight excluding hydrogens is 343 g/mol. The van der Waals surface area contributed by atoms with Crippen molar-refractivity contribution in [1.29, 1.82) is 0 Å². The van der Waals surface area contributed by atoms with E-state index >= 15 is 0 Å². The smallest absolute Gasteiger partial charge is 0.319 e. The second-order valence-corrected chi connectivity index (χ2v) is 4.58. The van der Waals surface area contributed by atoms with Gasteiger partial charge in [0.15, 0.2) is 5.69 Å². The number of aromatic amines is 1. The number of benzene rings is 1. The van der Waals surface area contributed by atoms with Crippen molar-refractivity contribution in [2.45, 2.75) is 12.7 Å². The van der Waals surface area contributed by atoms with Crippen molar-refractivity contribution >= 4 is 17.3 Å². The van der Waals surface area contributed by atoms with Gasteiger partial charge in [0.25, 0.3) is 5.91 Å². The third kappa shape index (κ3) is 4.41. The van der Waals surface area contributed by atoms with Crippen molar-refractivity contribution < 1.29 is 18.0 Å². The third-order valence-electron chi connectivity index (χ3n) is 2.89. The summed E-state index contributed by atoms with van der Waals surface area (Å²) < 4.78 is 38.3. The monoisotopic (exact) mass is 351 g/mol. The molecule has 2 rings (SSSR count). The van der Waals surface area contributed by atoms with Crippen molar-refractivity contribution in [2.75, 3.05) is 5.32 Å². The maximum absolute atomic E-state index is 12.8. The molecule has 1 amide bonds. The fourth-order valence-electron chi connectivity index (χ4n) is 1.91. The molecule has 0 saturated carbocycles. The number of carbonyl (C=O) groups excluding carboxylic acids is 1. The van der Waals surface area contributed by atoms with Gasteiger partial charge < -0.3 is 5.32 Å². The van der Waals surface area contributed by atoms with Gasteiger partial charge in [0.2, 0.25) is 0 Å². The SMILES string of the molecule is [N-]=[N+]=NCc1cc(N=[N+]=[N-])cc(C(=O)Nc2cn[nH]c2C(F)(F)F)c1. The van der Waals surface area contributed by atoms with Crippen LogP contribution < -0.4 is 5.32 Å². The van der Waals surface area contributed by atoms with E-state index in [0.29, 0.717) is 5.56 Å². The molecule has 2 aromatic rings. The molecule has 0 atom stereocenters. The standard InChI is InChI=1S/C12H8F3N9O/c13-12(14,15)10-9(5-18-22-10)20-11(25)7-1-6(4-19-23-16)2-8(3-7)21-24-17/h1-3,5H,4H2,(H,18,22)(H,20,25). The zero-order valence-electron chi connectivity index (χ0n) is 12.2. The fraction of sp³-hybridized carbons (Fsp3) is 0.167. The Hall–Kier alpha value is -3.69. The van der Waals surface area contributed by atoms with Crippen molar-refractivity contribution in [1.82, 2.24) is 10.2 Å². The number of halogens is 3. The quantitative estimate of drug-likeness (QED) is 0.464. The Bertz CT molecular complexity index is 891. The minimum absolute atomic E-state index is 0.0431. The number of hydrogen-bond acceptors (Lipinski definition) is 4. The summed E-state index contributed by atoms with van der Waals surface area (Å²) in [6, 6.07) is 3.86. The molecule has 128 valence electrons. The molecule has 0 spiro atoms. The van der Waals surface area contributed by atoms with Crippen LogP contribution in [0.25, 0.3) is 20.9 Å². The first-order valence-electron chi connectivity index (χ1n) is 6.47. The minimum Gasteiger partial charge on any atom is -0.319 e. The topological polar surface area (TPSA) is 155 Å². The van der Waals surface area contributed by atoms with E-state index in [1.54, 1.807) is 5.10 Å². The molecule has 10 nitrogen and oxygen atoms in total. The molecule has 0 aliphatic carbocycles. The van der Waals surface area contributed by atoms with E-state index in [9.17, 15) is 18.0 Å². The number of nitrogens with one attached hydrogen (secondary N) is 2. The average molecular weight is 351 g/mol. The van der Waals surface area contributed by atoms with E-state index in [0.717, 1.165) is 6.20 Å². The third-order valence-corrected chi connectivity index (χ3v) is 2.89. The second-order valence-electron chi connectivity index (χ2n) is 4.58. The lowest BCUT2D eigenvalue weighted by Crippen LogP contribution is -2.16. The summed E-state index contributed by atoms with van der Waals surface area (Å²) in [5.74, 6) is -0.885. The fourth-order valence-corrected chi connectivity index (χ4v) is 1.91. The van der Waals surface area contributed by atoms with Gasteiger partial charge in [-0.3, -0.25) is 9.89 Å². The molecule has 2 N–H and O–H groups in total. The highest BCUT2D eigenvalue weighted by atomic mass is 19.4. The molecule has 1 aromatic carbocycles. The number of nitrogens with zero attached hydrogens (tertiary/aromatic N) is 7. The summed E-state index contributed by atoms with van der Waals surface area (Å²) in [4.78, 5) is 17.4. The van der Waals surface area contributed by atoms with Gasteiger partial charge in [-0.1, -0.05) is 10.2 Å². The Balaban J connectivity index is 2.35. The lowest BCUT2D eigenvalue weighted by Gasteiger charge is -2.09. The van der Waals surface area contributed by atoms with Crippen LogP contribution in [-0.4, -0.2) is 16.1 Å². The molecule has 25 heavy (non-hydrogen) atoms. The number of rotatable bonds is 5. The van der Waals surface area contributed by atoms with Crippen LogP contribution in [0.5, 0.6) is 0 Å². The Labute approximate surface area is 136 Å². The van der Waals surface area contributed by atoms with Gasteiger partial charge in [-0.05, 0) is 34.8 Å². The maximum Gasteiger partial charge on any atom is 0.434 e. The molecule has 0 radical (unpaired) electrons. The van der Waals surface area contributed by atoms with Gasteiger partial charge >= 0.3 is 6.18 Å². The van der Waals surface area contributed by atoms with Gasteiger partial charge in [-0.15, -0.1) is 0 Å². The number of carbonyl (C=O) groups is 1. The van der Waals surface area contributed by atoms with E-state index < -0.39 is 23.5 Å². The molecule has 0 saturated heterocycles. The highest BCUT2D eigenvalue weighted by Crippen LogP contribution is 2.33. The molecule has 0 aliphatic rings. The minimum atomic E-state index is -4.72. The average Bonchev–Trinajstić information content (AvgIpc) is 3.01. The second kappa shape index (κ2) is 7.25. The zero-order valence-corrected chi connectivity index (χ0v) is 12.2. The van der Waals surface area contributed by atoms with Crippen LogP contribution in [0, 0.1) is 0 Å². The van der Waals surface area contributed by atoms with Crippen LogP contribution in [0.4, 0.5) is 24.5 Å². The number of H-pyrrole nitrogens is 1. The first kappa shape index (κ1) is 17.7. The summed E-state index contributed by atoms with van der Waals surface area (Å²) in [7, 11) is 0. The first-order chi connectivity index (χ1) is 11.8. The maximum atomic E-state index is 12.8. The predicted octanol–water partition coefficient (Wildman–Crippen LogP) is 4.43. The Kier molecular flexibility index (Phi) is 5.12. The van der Waals surface area contributed by atoms with Crippen LogP contribution in [0.1, 0.15) is 21.6 Å². The molecule has 1 aromatic heterocycles. The Morgan fingerprint density at radius 3 is 2.68 bits per heavy atom. The van der Waals surface area contributed by atoms with E-state index in [2.05, 4.69) is 30.5 Å². The molecule has 13 heteroatoms. The Morgan fingerprint density at radius 2 is 2.04 bits per heavy atom. The number of alkyl halides is 3. The van der Waals surface area contributed by atoms with E-state index in [1.165, 1.54) is 18.2 Å². The van der Waals surface area contributed by atoms with Crippen LogP contribution in [0.15, 0.2) is 34.6 Å². The highest BCUT2D eigenvalue weighted by Gasteiger charge is 2.36. The molecule has 1 heterocycles. The number of anilines is 1. The van der Waals surface area contributed by atoms with Crippen LogP contribution >= 0.6 is 0 Å². The number of azide groups is 2. The summed E-state index contributed by atoms with van der Waals surface area (Å²) >= 11 is 0. The van der Waals surface area contributed by atoms with E-state index in [-0.39, 0.29) is 17.8 Å². The van der Waals surface area contributed by atoms with Gasteiger partial charge in [-0.2, -0.15) is 18.3 Å². The van der Waals surface area contributed by atoms with Crippen LogP contribution in [0.3, 0.4) is 0 Å². The van der Waals surface area contributed by atoms with Crippen molar-refractivity contribution in [2.24, 2.45) is 10.2 Å². The van der Waals surface area contributed by atoms with Crippen LogP contribution in [0.2, 0.25) is 0 Å². The lowest BCUT2D eigenvalue weighted by atomic mass is 10.1. The summed E-state index contributed by atoms with van der Waals surface area (Å²) in [5.41, 5.74) is 15.4. The van der Waals surface area contributed by atoms with E-state index in [4.69, 9.17) is 11.1 Å². The van der Waals surface area contributed by atoms with Crippen LogP contribution in [-0.2, 0) is 12.7 Å². The van der Waals surface area contributed by atoms with Gasteiger partial charge in [0.05, 0.1) is 18.4 Å². The van der Waals surface area contributed by atoms with Crippen molar-refractivity contribution in [3.8, 4) is 0 Å². The molecule has 0 fully saturated rings. The predicted molar refractivity (Wildman–Crippen MR) is 79.6 cm³/mol. The summed E-state index contributed by atoms with van der Waals surface area (Å²) in [6.07, 6.45) is -3.91. The van der Waals surface area contributed by atoms with Gasteiger partial charge in [-0.25, -0.2) is 0 Å². The van der Waals surface area contributed by atoms with Crippen molar-refractivity contribution in [3.05, 3.63) is 62.1 Å². The summed E-state index contributed by atoms with van der Waals surface area (Å²) in [5, 5.41) is 13.8. The normalized spacial score (nSPS) is 10.5. The zero-order chi connectivity index (χ0) is 18.4. The number of aromatic nitrogens is 2. The van der Waals surface area contributed by atoms with E-state index in [1.807, 2.05) is 0 Å². The summed E-state index contributed by atoms with van der Waals surface area (Å²) in [6.45, 7) is -0.134. The molecule has 0 unspecified atom stereocenters. The highest BCUT2D eigenvalue weighted by molar-refractivity contribution is 6.05. The largest absolute Gasteiger partial charge is 0.434 e. The lowest BCUT2D eigenvalue weighted by molar-refractivity contribution is -0.140. The number of hydrogen-bond donors (Lipinski definition) is 2. The molecule has 0 bridgehead atoms. The van der Waals surface area contributed by atoms with Gasteiger partial charge in [0, 0.05) is 21.1 Å². The van der Waals surface area contributed by atoms with Crippen molar-refractivity contribution in [3.63, 3.8) is 0 Å². The Morgan fingerprint density at radius 1 is 1.28 bits per heavy atom. The van der Waals surface area contributed by atoms with Gasteiger partial charge in [0.1, 0.15) is 0 Å². The first-order valence-corrected chi connectivity index (χ1v) is 6.47. The molecule has 0 aliphatic heterocycles. The molecular formula is C12H8F3N9O.